The minimum absolute atomic E-state index is 0.0382. The minimum atomic E-state index is -0.247. The molecule has 0 aliphatic carbocycles. The van der Waals surface area contributed by atoms with Gasteiger partial charge in [0.1, 0.15) is 5.75 Å². The number of hydrogen-bond donors (Lipinski definition) is 2. The molecule has 0 fully saturated rings. The van der Waals surface area contributed by atoms with Gasteiger partial charge in [-0.15, -0.1) is 0 Å². The highest BCUT2D eigenvalue weighted by atomic mass is 16.5. The Labute approximate surface area is 154 Å². The van der Waals surface area contributed by atoms with Crippen molar-refractivity contribution in [3.63, 3.8) is 0 Å². The van der Waals surface area contributed by atoms with Gasteiger partial charge >= 0.3 is 0 Å². The van der Waals surface area contributed by atoms with Gasteiger partial charge in [0, 0.05) is 23.4 Å². The number of nitrogens with one attached hydrogen (secondary N) is 2. The second-order valence-corrected chi connectivity index (χ2v) is 6.34. The fraction of sp³-hybridized carbons (Fsp3) is 0.333. The summed E-state index contributed by atoms with van der Waals surface area (Å²) in [6.45, 7) is 6.59. The van der Waals surface area contributed by atoms with Crippen LogP contribution in [0.2, 0.25) is 0 Å². The van der Waals surface area contributed by atoms with Gasteiger partial charge in [-0.25, -0.2) is 0 Å². The lowest BCUT2D eigenvalue weighted by Crippen LogP contribution is -2.24. The van der Waals surface area contributed by atoms with Crippen molar-refractivity contribution in [1.82, 2.24) is 5.32 Å². The first-order valence-electron chi connectivity index (χ1n) is 8.96. The smallest absolute Gasteiger partial charge is 0.255 e. The molecule has 2 aromatic rings. The normalized spacial score (nSPS) is 10.5. The number of unbranched alkanes of at least 4 members (excludes halogenated alkanes) is 1. The Morgan fingerprint density at radius 3 is 2.38 bits per heavy atom. The first kappa shape index (κ1) is 19.5. The topological polar surface area (TPSA) is 67.4 Å². The van der Waals surface area contributed by atoms with Crippen molar-refractivity contribution in [1.29, 1.82) is 0 Å². The monoisotopic (exact) mass is 354 g/mol. The van der Waals surface area contributed by atoms with Crippen molar-refractivity contribution in [3.05, 3.63) is 59.7 Å². The number of amides is 2. The lowest BCUT2D eigenvalue weighted by molar-refractivity contribution is 0.0951. The van der Waals surface area contributed by atoms with E-state index in [9.17, 15) is 9.59 Å². The second-order valence-electron chi connectivity index (χ2n) is 6.34. The van der Waals surface area contributed by atoms with Gasteiger partial charge in [-0.1, -0.05) is 25.5 Å². The van der Waals surface area contributed by atoms with Crippen LogP contribution in [0.1, 0.15) is 54.3 Å². The summed E-state index contributed by atoms with van der Waals surface area (Å²) in [6.07, 6.45) is 2.00. The molecule has 0 radical (unpaired) electrons. The first-order valence-corrected chi connectivity index (χ1v) is 8.96. The number of carbonyl (C=O) groups is 2. The average Bonchev–Trinajstić information content (AvgIpc) is 2.61. The summed E-state index contributed by atoms with van der Waals surface area (Å²) in [5, 5.41) is 5.70. The van der Waals surface area contributed by atoms with E-state index in [1.165, 1.54) is 0 Å². The molecule has 0 unspecified atom stereocenters. The van der Waals surface area contributed by atoms with Crippen LogP contribution in [0.25, 0.3) is 0 Å². The maximum Gasteiger partial charge on any atom is 0.255 e. The van der Waals surface area contributed by atoms with Gasteiger partial charge < -0.3 is 15.4 Å². The van der Waals surface area contributed by atoms with Crippen LogP contribution < -0.4 is 15.4 Å². The quantitative estimate of drug-likeness (QED) is 0.696. The molecule has 0 bridgehead atoms. The van der Waals surface area contributed by atoms with Crippen molar-refractivity contribution in [2.24, 2.45) is 0 Å². The van der Waals surface area contributed by atoms with Gasteiger partial charge in [0.2, 0.25) is 0 Å². The van der Waals surface area contributed by atoms with Gasteiger partial charge in [0.15, 0.2) is 0 Å². The Bertz CT molecular complexity index is 756. The zero-order valence-corrected chi connectivity index (χ0v) is 15.5. The van der Waals surface area contributed by atoms with E-state index >= 15 is 0 Å². The standard InChI is InChI=1S/C21H26N2O3/c1-4-5-12-22-20(24)16-8-6-10-18(13-16)23-21(25)17-9-7-11-19(14-17)26-15(2)3/h6-11,13-15H,4-5,12H2,1-3H3,(H,22,24)(H,23,25). The molecule has 0 heterocycles. The molecule has 5 heteroatoms. The van der Waals surface area contributed by atoms with Crippen molar-refractivity contribution < 1.29 is 14.3 Å². The lowest BCUT2D eigenvalue weighted by Gasteiger charge is -2.11. The molecule has 0 saturated carbocycles. The number of carbonyl (C=O) groups excluding carboxylic acids is 2. The van der Waals surface area contributed by atoms with Crippen LogP contribution in [0, 0.1) is 0 Å². The molecule has 2 N–H and O–H groups in total. The summed E-state index contributed by atoms with van der Waals surface area (Å²) in [6, 6.07) is 13.9. The highest BCUT2D eigenvalue weighted by molar-refractivity contribution is 6.05. The molecule has 0 saturated heterocycles. The molecule has 2 amide bonds. The number of anilines is 1. The van der Waals surface area contributed by atoms with E-state index in [2.05, 4.69) is 17.6 Å². The van der Waals surface area contributed by atoms with Crippen molar-refractivity contribution in [2.75, 3.05) is 11.9 Å². The molecular formula is C21H26N2O3. The molecule has 0 aliphatic rings. The molecule has 5 nitrogen and oxygen atoms in total. The molecule has 0 spiro atoms. The lowest BCUT2D eigenvalue weighted by atomic mass is 10.1. The number of hydrogen-bond acceptors (Lipinski definition) is 3. The Morgan fingerprint density at radius 2 is 1.69 bits per heavy atom. The second kappa shape index (κ2) is 9.61. The Hall–Kier alpha value is -2.82. The van der Waals surface area contributed by atoms with Gasteiger partial charge in [0.05, 0.1) is 6.10 Å². The van der Waals surface area contributed by atoms with E-state index < -0.39 is 0 Å². The summed E-state index contributed by atoms with van der Waals surface area (Å²) in [5.74, 6) is 0.265. The number of ether oxygens (including phenoxy) is 1. The number of benzene rings is 2. The van der Waals surface area contributed by atoms with Gasteiger partial charge in [0.25, 0.3) is 11.8 Å². The van der Waals surface area contributed by atoms with E-state index in [0.29, 0.717) is 29.1 Å². The average molecular weight is 354 g/mol. The van der Waals surface area contributed by atoms with Crippen molar-refractivity contribution >= 4 is 17.5 Å². The molecule has 0 aromatic heterocycles. The van der Waals surface area contributed by atoms with Gasteiger partial charge in [-0.2, -0.15) is 0 Å². The van der Waals surface area contributed by atoms with E-state index in [1.54, 1.807) is 42.5 Å². The third-order valence-corrected chi connectivity index (χ3v) is 3.67. The molecule has 2 aromatic carbocycles. The molecule has 26 heavy (non-hydrogen) atoms. The number of rotatable bonds is 8. The van der Waals surface area contributed by atoms with Crippen molar-refractivity contribution in [3.8, 4) is 5.75 Å². The van der Waals surface area contributed by atoms with Crippen LogP contribution in [0.5, 0.6) is 5.75 Å². The summed E-state index contributed by atoms with van der Waals surface area (Å²) in [7, 11) is 0. The zero-order valence-electron chi connectivity index (χ0n) is 15.5. The summed E-state index contributed by atoms with van der Waals surface area (Å²) in [5.41, 5.74) is 1.60. The molecule has 0 aliphatic heterocycles. The van der Waals surface area contributed by atoms with Crippen LogP contribution in [-0.4, -0.2) is 24.5 Å². The van der Waals surface area contributed by atoms with Crippen LogP contribution in [0.3, 0.4) is 0 Å². The van der Waals surface area contributed by atoms with Gasteiger partial charge in [-0.05, 0) is 56.7 Å². The maximum absolute atomic E-state index is 12.5. The summed E-state index contributed by atoms with van der Waals surface area (Å²) in [4.78, 5) is 24.6. The first-order chi connectivity index (χ1) is 12.5. The highest BCUT2D eigenvalue weighted by Crippen LogP contribution is 2.17. The van der Waals surface area contributed by atoms with E-state index in [-0.39, 0.29) is 17.9 Å². The predicted molar refractivity (Wildman–Crippen MR) is 104 cm³/mol. The van der Waals surface area contributed by atoms with Crippen LogP contribution >= 0.6 is 0 Å². The molecule has 2 rings (SSSR count). The molecular weight excluding hydrogens is 328 g/mol. The fourth-order valence-electron chi connectivity index (χ4n) is 2.41. The molecule has 0 atom stereocenters. The van der Waals surface area contributed by atoms with E-state index in [0.717, 1.165) is 12.8 Å². The van der Waals surface area contributed by atoms with Crippen LogP contribution in [-0.2, 0) is 0 Å². The predicted octanol–water partition coefficient (Wildman–Crippen LogP) is 4.26. The SMILES string of the molecule is CCCCNC(=O)c1cccc(NC(=O)c2cccc(OC(C)C)c2)c1. The zero-order chi connectivity index (χ0) is 18.9. The summed E-state index contributed by atoms with van der Waals surface area (Å²) < 4.78 is 5.62. The van der Waals surface area contributed by atoms with Crippen LogP contribution in [0.4, 0.5) is 5.69 Å². The van der Waals surface area contributed by atoms with Crippen molar-refractivity contribution in [2.45, 2.75) is 39.7 Å². The highest BCUT2D eigenvalue weighted by Gasteiger charge is 2.10. The minimum Gasteiger partial charge on any atom is -0.491 e. The Balaban J connectivity index is 2.05. The fourth-order valence-corrected chi connectivity index (χ4v) is 2.41. The van der Waals surface area contributed by atoms with E-state index in [4.69, 9.17) is 4.74 Å². The van der Waals surface area contributed by atoms with Gasteiger partial charge in [-0.3, -0.25) is 9.59 Å². The maximum atomic E-state index is 12.5. The largest absolute Gasteiger partial charge is 0.491 e. The Kier molecular flexibility index (Phi) is 7.21. The third-order valence-electron chi connectivity index (χ3n) is 3.67. The van der Waals surface area contributed by atoms with Crippen LogP contribution in [0.15, 0.2) is 48.5 Å². The molecule has 138 valence electrons. The summed E-state index contributed by atoms with van der Waals surface area (Å²) >= 11 is 0. The third kappa shape index (κ3) is 5.92. The Morgan fingerprint density at radius 1 is 1.00 bits per heavy atom. The van der Waals surface area contributed by atoms with E-state index in [1.807, 2.05) is 19.9 Å².